The van der Waals surface area contributed by atoms with Crippen molar-refractivity contribution in [2.24, 2.45) is 0 Å². The molecule has 0 aliphatic heterocycles. The van der Waals surface area contributed by atoms with Crippen LogP contribution in [0.4, 0.5) is 10.9 Å². The summed E-state index contributed by atoms with van der Waals surface area (Å²) in [5.74, 6) is -0.0710. The van der Waals surface area contributed by atoms with E-state index in [2.05, 4.69) is 25.7 Å². The van der Waals surface area contributed by atoms with Gasteiger partial charge in [-0.15, -0.1) is 10.2 Å². The predicted octanol–water partition coefficient (Wildman–Crippen LogP) is 0.0957. The van der Waals surface area contributed by atoms with Crippen molar-refractivity contribution in [3.63, 3.8) is 0 Å². The Bertz CT molecular complexity index is 435. The van der Waals surface area contributed by atoms with Crippen LogP contribution in [0.5, 0.6) is 0 Å². The predicted molar refractivity (Wildman–Crippen MR) is 50.9 cm³/mol. The molecule has 0 aliphatic carbocycles. The number of nitrogen functional groups attached to an aromatic ring is 1. The van der Waals surface area contributed by atoms with E-state index < -0.39 is 0 Å². The molecule has 0 aromatic carbocycles. The summed E-state index contributed by atoms with van der Waals surface area (Å²) >= 11 is 1.23. The second-order valence-electron chi connectivity index (χ2n) is 2.40. The van der Waals surface area contributed by atoms with Crippen molar-refractivity contribution in [2.45, 2.75) is 0 Å². The summed E-state index contributed by atoms with van der Waals surface area (Å²) in [6.45, 7) is 0. The lowest BCUT2D eigenvalue weighted by atomic mass is 10.4. The van der Waals surface area contributed by atoms with Gasteiger partial charge in [-0.1, -0.05) is 11.3 Å². The minimum atomic E-state index is -0.342. The van der Waals surface area contributed by atoms with Crippen LogP contribution < -0.4 is 11.1 Å². The molecule has 0 atom stereocenters. The van der Waals surface area contributed by atoms with E-state index in [1.807, 2.05) is 0 Å². The molecule has 0 radical (unpaired) electrons. The third-order valence-corrected chi connectivity index (χ3v) is 2.03. The van der Waals surface area contributed by atoms with Crippen molar-refractivity contribution >= 4 is 28.2 Å². The first kappa shape index (κ1) is 8.63. The first-order chi connectivity index (χ1) is 6.75. The number of hydrogen-bond acceptors (Lipinski definition) is 6. The Kier molecular flexibility index (Phi) is 2.11. The zero-order valence-corrected chi connectivity index (χ0v) is 7.71. The molecule has 0 fully saturated rings. The maximum Gasteiger partial charge on any atom is 0.275 e. The quantitative estimate of drug-likeness (QED) is 0.651. The van der Waals surface area contributed by atoms with Crippen molar-refractivity contribution in [3.8, 4) is 0 Å². The van der Waals surface area contributed by atoms with Crippen molar-refractivity contribution < 1.29 is 4.79 Å². The topological polar surface area (TPSA) is 110 Å². The fraction of sp³-hybridized carbons (Fsp3) is 0. The van der Waals surface area contributed by atoms with Gasteiger partial charge in [0.1, 0.15) is 17.0 Å². The minimum Gasteiger partial charge on any atom is -0.382 e. The normalized spacial score (nSPS) is 10.0. The van der Waals surface area contributed by atoms with Gasteiger partial charge in [0, 0.05) is 6.07 Å². The summed E-state index contributed by atoms with van der Waals surface area (Å²) in [6.07, 6.45) is 0. The number of aromatic amines is 1. The van der Waals surface area contributed by atoms with E-state index in [4.69, 9.17) is 5.73 Å². The van der Waals surface area contributed by atoms with E-state index in [0.29, 0.717) is 5.13 Å². The largest absolute Gasteiger partial charge is 0.382 e. The zero-order chi connectivity index (χ0) is 9.97. The van der Waals surface area contributed by atoms with Crippen LogP contribution in [-0.2, 0) is 0 Å². The van der Waals surface area contributed by atoms with Gasteiger partial charge in [-0.3, -0.25) is 15.2 Å². The first-order valence-corrected chi connectivity index (χ1v) is 4.52. The number of nitrogens with one attached hydrogen (secondary N) is 2. The standard InChI is InChI=1S/C6H6N6OS/c7-4-1-3(10-11-4)5(13)9-6-12-8-2-14-6/h1-2H,(H3,7,10,11)(H,9,12,13). The Morgan fingerprint density at radius 1 is 1.64 bits per heavy atom. The Hall–Kier alpha value is -1.96. The molecule has 8 heteroatoms. The summed E-state index contributed by atoms with van der Waals surface area (Å²) in [7, 11) is 0. The highest BCUT2D eigenvalue weighted by molar-refractivity contribution is 7.13. The number of aromatic nitrogens is 4. The van der Waals surface area contributed by atoms with E-state index in [9.17, 15) is 4.79 Å². The maximum absolute atomic E-state index is 11.4. The summed E-state index contributed by atoms with van der Waals surface area (Å²) in [4.78, 5) is 11.4. The van der Waals surface area contributed by atoms with E-state index in [-0.39, 0.29) is 17.4 Å². The molecule has 72 valence electrons. The van der Waals surface area contributed by atoms with Crippen molar-refractivity contribution in [1.82, 2.24) is 20.4 Å². The molecule has 0 saturated heterocycles. The number of hydrogen-bond donors (Lipinski definition) is 3. The van der Waals surface area contributed by atoms with Crippen LogP contribution in [0.3, 0.4) is 0 Å². The average molecular weight is 210 g/mol. The van der Waals surface area contributed by atoms with Crippen molar-refractivity contribution in [1.29, 1.82) is 0 Å². The Balaban J connectivity index is 2.10. The number of carbonyl (C=O) groups excluding carboxylic acids is 1. The third-order valence-electron chi connectivity index (χ3n) is 1.42. The molecule has 0 bridgehead atoms. The van der Waals surface area contributed by atoms with E-state index in [1.165, 1.54) is 22.9 Å². The second kappa shape index (κ2) is 3.42. The molecule has 2 rings (SSSR count). The number of H-pyrrole nitrogens is 1. The van der Waals surface area contributed by atoms with Gasteiger partial charge >= 0.3 is 0 Å². The molecular formula is C6H6N6OS. The highest BCUT2D eigenvalue weighted by Crippen LogP contribution is 2.10. The van der Waals surface area contributed by atoms with Gasteiger partial charge in [0.25, 0.3) is 5.91 Å². The van der Waals surface area contributed by atoms with Crippen LogP contribution in [0.2, 0.25) is 0 Å². The molecule has 0 aliphatic rings. The molecule has 0 unspecified atom stereocenters. The lowest BCUT2D eigenvalue weighted by Gasteiger charge is -1.95. The van der Waals surface area contributed by atoms with Gasteiger partial charge in [0.05, 0.1) is 0 Å². The summed E-state index contributed by atoms with van der Waals surface area (Å²) in [6, 6.07) is 1.44. The van der Waals surface area contributed by atoms with E-state index >= 15 is 0 Å². The SMILES string of the molecule is Nc1cc(C(=O)Nc2nncs2)[nH]n1. The highest BCUT2D eigenvalue weighted by atomic mass is 32.1. The molecule has 2 aromatic heterocycles. The lowest BCUT2D eigenvalue weighted by molar-refractivity contribution is 0.102. The van der Waals surface area contributed by atoms with Gasteiger partial charge in [0.15, 0.2) is 0 Å². The third kappa shape index (κ3) is 1.69. The minimum absolute atomic E-state index is 0.271. The van der Waals surface area contributed by atoms with Crippen LogP contribution >= 0.6 is 11.3 Å². The van der Waals surface area contributed by atoms with Crippen LogP contribution in [0.15, 0.2) is 11.6 Å². The van der Waals surface area contributed by atoms with E-state index in [0.717, 1.165) is 0 Å². The van der Waals surface area contributed by atoms with Gasteiger partial charge in [-0.25, -0.2) is 0 Å². The van der Waals surface area contributed by atoms with Crippen LogP contribution in [-0.4, -0.2) is 26.3 Å². The van der Waals surface area contributed by atoms with Gasteiger partial charge in [0.2, 0.25) is 5.13 Å². The van der Waals surface area contributed by atoms with Crippen LogP contribution in [0, 0.1) is 0 Å². The Morgan fingerprint density at radius 3 is 3.07 bits per heavy atom. The Morgan fingerprint density at radius 2 is 2.50 bits per heavy atom. The fourth-order valence-electron chi connectivity index (χ4n) is 0.846. The van der Waals surface area contributed by atoms with Crippen molar-refractivity contribution in [2.75, 3.05) is 11.1 Å². The number of rotatable bonds is 2. The number of nitrogens with zero attached hydrogens (tertiary/aromatic N) is 3. The molecule has 14 heavy (non-hydrogen) atoms. The fourth-order valence-corrected chi connectivity index (χ4v) is 1.29. The van der Waals surface area contributed by atoms with Gasteiger partial charge in [-0.2, -0.15) is 5.10 Å². The lowest BCUT2D eigenvalue weighted by Crippen LogP contribution is -2.12. The summed E-state index contributed by atoms with van der Waals surface area (Å²) in [5, 5.41) is 16.3. The molecule has 1 amide bonds. The second-order valence-corrected chi connectivity index (χ2v) is 3.24. The molecule has 7 nitrogen and oxygen atoms in total. The molecule has 4 N–H and O–H groups in total. The molecule has 0 saturated carbocycles. The van der Waals surface area contributed by atoms with Crippen molar-refractivity contribution in [3.05, 3.63) is 17.3 Å². The summed E-state index contributed by atoms with van der Waals surface area (Å²) in [5.41, 5.74) is 7.16. The van der Waals surface area contributed by atoms with Crippen LogP contribution in [0.1, 0.15) is 10.5 Å². The molecule has 2 heterocycles. The highest BCUT2D eigenvalue weighted by Gasteiger charge is 2.09. The molecule has 2 aromatic rings. The molecule has 0 spiro atoms. The van der Waals surface area contributed by atoms with Crippen LogP contribution in [0.25, 0.3) is 0 Å². The zero-order valence-electron chi connectivity index (χ0n) is 6.89. The average Bonchev–Trinajstić information content (AvgIpc) is 2.75. The van der Waals surface area contributed by atoms with E-state index in [1.54, 1.807) is 0 Å². The number of nitrogens with two attached hydrogens (primary N) is 1. The number of carbonyl (C=O) groups is 1. The maximum atomic E-state index is 11.4. The number of amides is 1. The van der Waals surface area contributed by atoms with Gasteiger partial charge in [-0.05, 0) is 0 Å². The molecular weight excluding hydrogens is 204 g/mol. The monoisotopic (exact) mass is 210 g/mol. The van der Waals surface area contributed by atoms with Gasteiger partial charge < -0.3 is 5.73 Å². The summed E-state index contributed by atoms with van der Waals surface area (Å²) < 4.78 is 0. The first-order valence-electron chi connectivity index (χ1n) is 3.64. The number of anilines is 2. The Labute approximate surface area is 82.4 Å². The smallest absolute Gasteiger partial charge is 0.275 e.